The fraction of sp³-hybridized carbons (Fsp3) is 0.447. The molecule has 0 aliphatic heterocycles. The van der Waals surface area contributed by atoms with E-state index in [1.165, 1.54) is 36.0 Å². The Morgan fingerprint density at radius 2 is 1.12 bits per heavy atom. The van der Waals surface area contributed by atoms with Gasteiger partial charge >= 0.3 is 0 Å². The maximum Gasteiger partial charge on any atom is 0.292 e. The molecule has 3 aromatic carbocycles. The minimum atomic E-state index is -0.0400. The van der Waals surface area contributed by atoms with Crippen molar-refractivity contribution in [1.29, 1.82) is 0 Å². The molecule has 1 aromatic heterocycles. The lowest BCUT2D eigenvalue weighted by molar-refractivity contribution is 0.232. The molecule has 0 aliphatic rings. The van der Waals surface area contributed by atoms with Gasteiger partial charge in [0.1, 0.15) is 12.2 Å². The number of fused-ring (bicyclic) bond motifs is 1. The van der Waals surface area contributed by atoms with Crippen molar-refractivity contribution in [2.75, 3.05) is 0 Å². The number of ether oxygens (including phenoxy) is 1. The van der Waals surface area contributed by atoms with Crippen molar-refractivity contribution in [3.8, 4) is 5.95 Å². The summed E-state index contributed by atoms with van der Waals surface area (Å²) in [6, 6.07) is 24.0. The molecule has 0 saturated heterocycles. The summed E-state index contributed by atoms with van der Waals surface area (Å²) in [4.78, 5) is 12.4. The van der Waals surface area contributed by atoms with E-state index in [1.807, 2.05) is 53.7 Å². The van der Waals surface area contributed by atoms with Crippen LogP contribution in [0.15, 0.2) is 82.0 Å². The second kappa shape index (κ2) is 25.6. The van der Waals surface area contributed by atoms with Crippen molar-refractivity contribution in [2.24, 2.45) is 0 Å². The van der Waals surface area contributed by atoms with Gasteiger partial charge in [-0.3, -0.25) is 4.79 Å². The van der Waals surface area contributed by atoms with Gasteiger partial charge in [0.25, 0.3) is 5.95 Å². The minimum absolute atomic E-state index is 0.0400. The van der Waals surface area contributed by atoms with Crippen LogP contribution in [0.4, 0.5) is 0 Å². The average Bonchev–Trinajstić information content (AvgIpc) is 3.03. The lowest BCUT2D eigenvalue weighted by Gasteiger charge is -2.09. The maximum absolute atomic E-state index is 12.4. The normalized spacial score (nSPS) is 9.07. The molecular formula is C38H58O3. The Balaban J connectivity index is 0. The first-order chi connectivity index (χ1) is 19.9. The van der Waals surface area contributed by atoms with Crippen LogP contribution in [-0.2, 0) is 13.0 Å². The molecule has 0 aliphatic carbocycles. The minimum Gasteiger partial charge on any atom is -0.460 e. The first-order valence-corrected chi connectivity index (χ1v) is 15.7. The Morgan fingerprint density at radius 1 is 0.659 bits per heavy atom. The van der Waals surface area contributed by atoms with Gasteiger partial charge in [-0.1, -0.05) is 136 Å². The monoisotopic (exact) mass is 562 g/mol. The molecule has 0 amide bonds. The van der Waals surface area contributed by atoms with Crippen molar-refractivity contribution in [2.45, 2.75) is 115 Å². The molecule has 0 N–H and O–H groups in total. The van der Waals surface area contributed by atoms with Crippen LogP contribution in [0.5, 0.6) is 5.95 Å². The SMILES string of the molecule is CC.CC.CC.CCC.CCCCc1ccc(COc2oc3ccccc3c(=O)c2C)cc1.Cc1ccccc1C. The van der Waals surface area contributed by atoms with E-state index >= 15 is 0 Å². The van der Waals surface area contributed by atoms with Crippen LogP contribution >= 0.6 is 0 Å². The second-order valence-corrected chi connectivity index (χ2v) is 8.84. The molecule has 3 heteroatoms. The van der Waals surface area contributed by atoms with Crippen LogP contribution in [0.2, 0.25) is 0 Å². The highest BCUT2D eigenvalue weighted by atomic mass is 16.6. The van der Waals surface area contributed by atoms with E-state index in [9.17, 15) is 4.79 Å². The van der Waals surface area contributed by atoms with Gasteiger partial charge < -0.3 is 9.15 Å². The van der Waals surface area contributed by atoms with E-state index < -0.39 is 0 Å². The topological polar surface area (TPSA) is 39.4 Å². The van der Waals surface area contributed by atoms with Gasteiger partial charge in [-0.2, -0.15) is 0 Å². The molecule has 0 radical (unpaired) electrons. The molecule has 0 unspecified atom stereocenters. The molecule has 41 heavy (non-hydrogen) atoms. The lowest BCUT2D eigenvalue weighted by Crippen LogP contribution is -2.08. The highest BCUT2D eigenvalue weighted by Crippen LogP contribution is 2.22. The predicted octanol–water partition coefficient (Wildman–Crippen LogP) is 11.8. The van der Waals surface area contributed by atoms with Crippen LogP contribution in [-0.4, -0.2) is 0 Å². The van der Waals surface area contributed by atoms with Crippen molar-refractivity contribution in [3.05, 3.63) is 111 Å². The quantitative estimate of drug-likeness (QED) is 0.235. The summed E-state index contributed by atoms with van der Waals surface area (Å²) in [5.41, 5.74) is 6.16. The Hall–Kier alpha value is -3.33. The largest absolute Gasteiger partial charge is 0.460 e. The van der Waals surface area contributed by atoms with E-state index in [1.54, 1.807) is 19.1 Å². The molecule has 4 aromatic rings. The van der Waals surface area contributed by atoms with Gasteiger partial charge in [-0.15, -0.1) is 0 Å². The molecule has 4 rings (SSSR count). The number of hydrogen-bond acceptors (Lipinski definition) is 3. The zero-order chi connectivity index (χ0) is 31.6. The fourth-order valence-electron chi connectivity index (χ4n) is 3.35. The summed E-state index contributed by atoms with van der Waals surface area (Å²) < 4.78 is 11.5. The number of hydrogen-bond donors (Lipinski definition) is 0. The Morgan fingerprint density at radius 3 is 1.61 bits per heavy atom. The number of aryl methyl sites for hydroxylation is 3. The Kier molecular flexibility index (Phi) is 24.9. The predicted molar refractivity (Wildman–Crippen MR) is 183 cm³/mol. The number of benzene rings is 3. The van der Waals surface area contributed by atoms with Crippen LogP contribution in [0.25, 0.3) is 11.0 Å². The number of rotatable bonds is 6. The third-order valence-corrected chi connectivity index (χ3v) is 5.62. The summed E-state index contributed by atoms with van der Waals surface area (Å²) in [6.45, 7) is 24.8. The zero-order valence-corrected chi connectivity index (χ0v) is 28.2. The standard InChI is InChI=1S/C21H22O3.C8H10.C3H8.3C2H6/c1-3-4-7-16-10-12-17(13-11-16)14-23-21-15(2)20(22)18-8-5-6-9-19(18)24-21;1-7-5-3-4-6-8(7)2;1-3-2;3*1-2/h5-6,8-13H,3-4,7,14H2,1-2H3;3-6H,1-2H3;3H2,1-2H3;3*1-2H3. The van der Waals surface area contributed by atoms with Gasteiger partial charge in [-0.25, -0.2) is 0 Å². The molecule has 1 heterocycles. The number of para-hydroxylation sites is 1. The third-order valence-electron chi connectivity index (χ3n) is 5.62. The van der Waals surface area contributed by atoms with Crippen molar-refractivity contribution in [1.82, 2.24) is 0 Å². The van der Waals surface area contributed by atoms with Crippen LogP contribution in [0, 0.1) is 20.8 Å². The molecule has 0 spiro atoms. The van der Waals surface area contributed by atoms with E-state index in [0.717, 1.165) is 12.0 Å². The molecule has 0 fully saturated rings. The van der Waals surface area contributed by atoms with E-state index in [4.69, 9.17) is 9.15 Å². The van der Waals surface area contributed by atoms with Crippen LogP contribution in [0.3, 0.4) is 0 Å². The van der Waals surface area contributed by atoms with Gasteiger partial charge in [0.05, 0.1) is 10.9 Å². The van der Waals surface area contributed by atoms with Gasteiger partial charge in [0.15, 0.2) is 5.43 Å². The summed E-state index contributed by atoms with van der Waals surface area (Å²) in [5, 5.41) is 0.586. The third kappa shape index (κ3) is 15.3. The Bertz CT molecular complexity index is 1200. The summed E-state index contributed by atoms with van der Waals surface area (Å²) in [5.74, 6) is 0.300. The molecule has 0 bridgehead atoms. The fourth-order valence-corrected chi connectivity index (χ4v) is 3.35. The van der Waals surface area contributed by atoms with Gasteiger partial charge in [-0.05, 0) is 68.0 Å². The van der Waals surface area contributed by atoms with Gasteiger partial charge in [0, 0.05) is 0 Å². The summed E-state index contributed by atoms with van der Waals surface area (Å²) in [6.07, 6.45) is 4.76. The average molecular weight is 563 g/mol. The summed E-state index contributed by atoms with van der Waals surface area (Å²) >= 11 is 0. The maximum atomic E-state index is 12.4. The van der Waals surface area contributed by atoms with Crippen LogP contribution < -0.4 is 10.2 Å². The van der Waals surface area contributed by atoms with Crippen molar-refractivity contribution >= 4 is 11.0 Å². The first kappa shape index (κ1) is 39.8. The summed E-state index contributed by atoms with van der Waals surface area (Å²) in [7, 11) is 0. The van der Waals surface area contributed by atoms with Crippen molar-refractivity contribution in [3.63, 3.8) is 0 Å². The molecule has 0 atom stereocenters. The highest BCUT2D eigenvalue weighted by Gasteiger charge is 2.11. The Labute approximate surface area is 252 Å². The lowest BCUT2D eigenvalue weighted by atomic mass is 10.1. The van der Waals surface area contributed by atoms with Gasteiger partial charge in [0.2, 0.25) is 0 Å². The van der Waals surface area contributed by atoms with E-state index in [2.05, 4.69) is 83.1 Å². The first-order valence-electron chi connectivity index (χ1n) is 15.7. The molecular weight excluding hydrogens is 504 g/mol. The molecule has 228 valence electrons. The molecule has 0 saturated carbocycles. The highest BCUT2D eigenvalue weighted by molar-refractivity contribution is 5.77. The zero-order valence-electron chi connectivity index (χ0n) is 28.2. The van der Waals surface area contributed by atoms with E-state index in [0.29, 0.717) is 29.1 Å². The number of unbranched alkanes of at least 4 members (excludes halogenated alkanes) is 1. The van der Waals surface area contributed by atoms with Crippen LogP contribution in [0.1, 0.15) is 109 Å². The van der Waals surface area contributed by atoms with Crippen molar-refractivity contribution < 1.29 is 9.15 Å². The smallest absolute Gasteiger partial charge is 0.292 e. The second-order valence-electron chi connectivity index (χ2n) is 8.84. The van der Waals surface area contributed by atoms with E-state index in [-0.39, 0.29) is 5.43 Å². The molecule has 3 nitrogen and oxygen atoms in total.